The highest BCUT2D eigenvalue weighted by Crippen LogP contribution is 2.08. The number of methoxy groups -OCH3 is 1. The Labute approximate surface area is 75.5 Å². The molecule has 70 valence electrons. The van der Waals surface area contributed by atoms with Crippen LogP contribution in [0, 0.1) is 5.82 Å². The largest absolute Gasteiger partial charge is 0.375 e. The summed E-state index contributed by atoms with van der Waals surface area (Å²) in [5, 5.41) is 2.48. The average molecular weight is 183 g/mol. The van der Waals surface area contributed by atoms with Crippen LogP contribution in [0.2, 0.25) is 0 Å². The van der Waals surface area contributed by atoms with Crippen LogP contribution in [0.5, 0.6) is 0 Å². The van der Waals surface area contributed by atoms with Crippen molar-refractivity contribution < 1.29 is 13.9 Å². The molecule has 0 atom stereocenters. The number of rotatable bonds is 3. The quantitative estimate of drug-likeness (QED) is 0.769. The lowest BCUT2D eigenvalue weighted by molar-refractivity contribution is -0.119. The first-order valence-electron chi connectivity index (χ1n) is 3.76. The van der Waals surface area contributed by atoms with Crippen molar-refractivity contribution in [3.05, 3.63) is 30.1 Å². The molecule has 0 aliphatic heterocycles. The Hall–Kier alpha value is -1.42. The zero-order valence-electron chi connectivity index (χ0n) is 7.21. The van der Waals surface area contributed by atoms with Gasteiger partial charge >= 0.3 is 0 Å². The fourth-order valence-corrected chi connectivity index (χ4v) is 0.894. The molecule has 0 aliphatic rings. The summed E-state index contributed by atoms with van der Waals surface area (Å²) < 4.78 is 17.2. The second-order valence-corrected chi connectivity index (χ2v) is 2.49. The summed E-state index contributed by atoms with van der Waals surface area (Å²) in [6.45, 7) is -0.0312. The molecule has 1 aromatic carbocycles. The van der Waals surface area contributed by atoms with Crippen LogP contribution in [0.15, 0.2) is 24.3 Å². The molecule has 0 unspecified atom stereocenters. The van der Waals surface area contributed by atoms with Crippen molar-refractivity contribution in [2.45, 2.75) is 0 Å². The van der Waals surface area contributed by atoms with E-state index in [4.69, 9.17) is 0 Å². The minimum absolute atomic E-state index is 0.0312. The molecule has 1 aromatic rings. The van der Waals surface area contributed by atoms with Crippen molar-refractivity contribution in [1.29, 1.82) is 0 Å². The van der Waals surface area contributed by atoms with E-state index in [2.05, 4.69) is 10.1 Å². The van der Waals surface area contributed by atoms with Gasteiger partial charge in [0.05, 0.1) is 0 Å². The summed E-state index contributed by atoms with van der Waals surface area (Å²) in [6, 6.07) is 5.69. The fourth-order valence-electron chi connectivity index (χ4n) is 0.894. The van der Waals surface area contributed by atoms with E-state index in [0.29, 0.717) is 5.69 Å². The molecule has 0 aromatic heterocycles. The van der Waals surface area contributed by atoms with Gasteiger partial charge in [0.2, 0.25) is 5.91 Å². The van der Waals surface area contributed by atoms with Gasteiger partial charge in [0.15, 0.2) is 0 Å². The summed E-state index contributed by atoms with van der Waals surface area (Å²) >= 11 is 0. The average Bonchev–Trinajstić information content (AvgIpc) is 2.04. The maximum Gasteiger partial charge on any atom is 0.250 e. The third kappa shape index (κ3) is 3.21. The Morgan fingerprint density at radius 2 is 2.38 bits per heavy atom. The van der Waals surface area contributed by atoms with Crippen LogP contribution in [0.4, 0.5) is 10.1 Å². The lowest BCUT2D eigenvalue weighted by atomic mass is 10.3. The summed E-state index contributed by atoms with van der Waals surface area (Å²) in [5.74, 6) is -0.677. The second-order valence-electron chi connectivity index (χ2n) is 2.49. The van der Waals surface area contributed by atoms with E-state index in [0.717, 1.165) is 0 Å². The molecule has 4 heteroatoms. The molecule has 0 heterocycles. The summed E-state index contributed by atoms with van der Waals surface area (Å²) in [4.78, 5) is 11.0. The lowest BCUT2D eigenvalue weighted by Crippen LogP contribution is -2.17. The highest BCUT2D eigenvalue weighted by Gasteiger charge is 2.00. The monoisotopic (exact) mass is 183 g/mol. The molecule has 13 heavy (non-hydrogen) atoms. The van der Waals surface area contributed by atoms with Gasteiger partial charge in [-0.3, -0.25) is 4.79 Å². The molecule has 0 spiro atoms. The first kappa shape index (κ1) is 9.67. The van der Waals surface area contributed by atoms with Gasteiger partial charge in [-0.15, -0.1) is 0 Å². The van der Waals surface area contributed by atoms with Crippen LogP contribution in [0.25, 0.3) is 0 Å². The zero-order chi connectivity index (χ0) is 9.68. The van der Waals surface area contributed by atoms with E-state index >= 15 is 0 Å². The number of carbonyl (C=O) groups is 1. The normalized spacial score (nSPS) is 9.69. The van der Waals surface area contributed by atoms with Gasteiger partial charge in [-0.1, -0.05) is 6.07 Å². The molecule has 0 saturated carbocycles. The summed E-state index contributed by atoms with van der Waals surface area (Å²) in [7, 11) is 1.42. The molecule has 1 rings (SSSR count). The minimum Gasteiger partial charge on any atom is -0.375 e. The molecular formula is C9H10FNO2. The molecule has 1 amide bonds. The summed E-state index contributed by atoms with van der Waals surface area (Å²) in [5.41, 5.74) is 0.432. The van der Waals surface area contributed by atoms with Crippen molar-refractivity contribution in [1.82, 2.24) is 0 Å². The number of hydrogen-bond acceptors (Lipinski definition) is 2. The van der Waals surface area contributed by atoms with Crippen molar-refractivity contribution in [3.8, 4) is 0 Å². The topological polar surface area (TPSA) is 38.3 Å². The Morgan fingerprint density at radius 1 is 1.62 bits per heavy atom. The fraction of sp³-hybridized carbons (Fsp3) is 0.222. The van der Waals surface area contributed by atoms with E-state index in [1.54, 1.807) is 6.07 Å². The standard InChI is InChI=1S/C9H10FNO2/c1-13-6-9(12)11-8-4-2-3-7(10)5-8/h2-5H,6H2,1H3,(H,11,12). The number of nitrogens with one attached hydrogen (secondary N) is 1. The minimum atomic E-state index is -0.379. The number of amides is 1. The molecular weight excluding hydrogens is 173 g/mol. The SMILES string of the molecule is COCC(=O)Nc1cccc(F)c1. The van der Waals surface area contributed by atoms with Crippen molar-refractivity contribution in [3.63, 3.8) is 0 Å². The van der Waals surface area contributed by atoms with Gasteiger partial charge in [-0.25, -0.2) is 4.39 Å². The van der Waals surface area contributed by atoms with E-state index < -0.39 is 0 Å². The van der Waals surface area contributed by atoms with Gasteiger partial charge in [-0.05, 0) is 18.2 Å². The van der Waals surface area contributed by atoms with E-state index in [1.807, 2.05) is 0 Å². The Kier molecular flexibility index (Phi) is 3.40. The molecule has 0 aliphatic carbocycles. The van der Waals surface area contributed by atoms with Crippen molar-refractivity contribution >= 4 is 11.6 Å². The molecule has 3 nitrogen and oxygen atoms in total. The van der Waals surface area contributed by atoms with E-state index in [9.17, 15) is 9.18 Å². The van der Waals surface area contributed by atoms with Crippen LogP contribution in [-0.4, -0.2) is 19.6 Å². The Bertz CT molecular complexity index is 301. The number of ether oxygens (including phenoxy) is 1. The first-order chi connectivity index (χ1) is 6.22. The van der Waals surface area contributed by atoms with Crippen LogP contribution < -0.4 is 5.32 Å². The highest BCUT2D eigenvalue weighted by atomic mass is 19.1. The zero-order valence-corrected chi connectivity index (χ0v) is 7.21. The second kappa shape index (κ2) is 4.57. The van der Waals surface area contributed by atoms with Crippen LogP contribution in [-0.2, 0) is 9.53 Å². The number of benzene rings is 1. The van der Waals surface area contributed by atoms with Crippen LogP contribution >= 0.6 is 0 Å². The number of halogens is 1. The third-order valence-corrected chi connectivity index (χ3v) is 1.38. The smallest absolute Gasteiger partial charge is 0.250 e. The predicted molar refractivity (Wildman–Crippen MR) is 46.9 cm³/mol. The van der Waals surface area contributed by atoms with Crippen LogP contribution in [0.3, 0.4) is 0 Å². The first-order valence-corrected chi connectivity index (χ1v) is 3.76. The molecule has 0 bridgehead atoms. The highest BCUT2D eigenvalue weighted by molar-refractivity contribution is 5.91. The van der Waals surface area contributed by atoms with E-state index in [-0.39, 0.29) is 18.3 Å². The predicted octanol–water partition coefficient (Wildman–Crippen LogP) is 1.41. The van der Waals surface area contributed by atoms with Gasteiger partial charge in [0.1, 0.15) is 12.4 Å². The lowest BCUT2D eigenvalue weighted by Gasteiger charge is -2.03. The van der Waals surface area contributed by atoms with E-state index in [1.165, 1.54) is 25.3 Å². The Balaban J connectivity index is 2.58. The van der Waals surface area contributed by atoms with Gasteiger partial charge < -0.3 is 10.1 Å². The van der Waals surface area contributed by atoms with Gasteiger partial charge in [-0.2, -0.15) is 0 Å². The van der Waals surface area contributed by atoms with Crippen molar-refractivity contribution in [2.24, 2.45) is 0 Å². The molecule has 1 N–H and O–H groups in total. The maximum absolute atomic E-state index is 12.6. The van der Waals surface area contributed by atoms with Gasteiger partial charge in [0, 0.05) is 12.8 Å². The summed E-state index contributed by atoms with van der Waals surface area (Å²) in [6.07, 6.45) is 0. The maximum atomic E-state index is 12.6. The Morgan fingerprint density at radius 3 is 3.00 bits per heavy atom. The number of hydrogen-bond donors (Lipinski definition) is 1. The van der Waals surface area contributed by atoms with Crippen molar-refractivity contribution in [2.75, 3.05) is 19.0 Å². The number of anilines is 1. The third-order valence-electron chi connectivity index (χ3n) is 1.38. The molecule has 0 saturated heterocycles. The molecule has 0 radical (unpaired) electrons. The van der Waals surface area contributed by atoms with Crippen LogP contribution in [0.1, 0.15) is 0 Å². The number of carbonyl (C=O) groups excluding carboxylic acids is 1. The van der Waals surface area contributed by atoms with Gasteiger partial charge in [0.25, 0.3) is 0 Å². The molecule has 0 fully saturated rings.